The first-order valence-electron chi connectivity index (χ1n) is 2.17. The maximum atomic E-state index is 10.0. The molecular formula is C5H5ArNO2. The van der Waals surface area contributed by atoms with Crippen LogP contribution in [0.5, 0.6) is 0 Å². The van der Waals surface area contributed by atoms with Gasteiger partial charge in [0.15, 0.2) is 0 Å². The van der Waals surface area contributed by atoms with Crippen molar-refractivity contribution in [3.05, 3.63) is 24.0 Å². The molecule has 0 aliphatic carbocycles. The molecule has 1 aromatic heterocycles. The summed E-state index contributed by atoms with van der Waals surface area (Å²) in [4.78, 5) is 12.6. The van der Waals surface area contributed by atoms with Gasteiger partial charge in [0.2, 0.25) is 0 Å². The van der Waals surface area contributed by atoms with Crippen LogP contribution < -0.4 is 0 Å². The van der Waals surface area contributed by atoms with Gasteiger partial charge in [0, 0.05) is 43.9 Å². The smallest absolute Gasteiger partial charge is 0.352 e. The summed E-state index contributed by atoms with van der Waals surface area (Å²) in [7, 11) is 0. The van der Waals surface area contributed by atoms with Gasteiger partial charge >= 0.3 is 5.97 Å². The van der Waals surface area contributed by atoms with Gasteiger partial charge in [0.05, 0.1) is 0 Å². The Morgan fingerprint density at radius 2 is 2.33 bits per heavy atom. The molecule has 0 aromatic carbocycles. The third kappa shape index (κ3) is 2.39. The Labute approximate surface area is 82.1 Å². The number of rotatable bonds is 1. The number of H-pyrrole nitrogens is 1. The van der Waals surface area contributed by atoms with E-state index in [1.807, 2.05) is 0 Å². The Kier molecular flexibility index (Phi) is 3.93. The number of hydrogen-bond donors (Lipinski definition) is 2. The summed E-state index contributed by atoms with van der Waals surface area (Å²) >= 11 is 0. The van der Waals surface area contributed by atoms with Crippen LogP contribution in [-0.2, 0) is 0 Å². The number of aromatic carboxylic acids is 1. The monoisotopic (exact) mass is 151 g/mol. The van der Waals surface area contributed by atoms with E-state index < -0.39 is 5.97 Å². The molecule has 1 aromatic rings. The van der Waals surface area contributed by atoms with Crippen molar-refractivity contribution in [3.63, 3.8) is 0 Å². The Hall–Kier alpha value is 0.00974. The van der Waals surface area contributed by atoms with E-state index in [0.717, 1.165) is 0 Å². The van der Waals surface area contributed by atoms with Crippen molar-refractivity contribution in [1.29, 1.82) is 0 Å². The van der Waals surface area contributed by atoms with Crippen LogP contribution in [0.2, 0.25) is 0 Å². The Bertz CT molecular complexity index is 183. The van der Waals surface area contributed by atoms with E-state index >= 15 is 0 Å². The van der Waals surface area contributed by atoms with Gasteiger partial charge in [-0.05, 0) is 12.1 Å². The minimum Gasteiger partial charge on any atom is -0.477 e. The second-order valence-electron chi connectivity index (χ2n) is 1.39. The van der Waals surface area contributed by atoms with Gasteiger partial charge in [0.1, 0.15) is 5.69 Å². The number of carboxylic acids is 1. The fourth-order valence-electron chi connectivity index (χ4n) is 0.463. The molecule has 0 unspecified atom stereocenters. The first kappa shape index (κ1) is 9.01. The van der Waals surface area contributed by atoms with Crippen molar-refractivity contribution in [2.24, 2.45) is 0 Å². The van der Waals surface area contributed by atoms with E-state index in [1.165, 1.54) is 6.07 Å². The normalized spacial score (nSPS) is 8.00. The first-order chi connectivity index (χ1) is 3.80. The molecule has 4 heteroatoms. The fourth-order valence-corrected chi connectivity index (χ4v) is 0.463. The third-order valence-electron chi connectivity index (χ3n) is 0.828. The van der Waals surface area contributed by atoms with Gasteiger partial charge in [-0.15, -0.1) is 0 Å². The molecule has 0 aliphatic rings. The molecule has 2 N–H and O–H groups in total. The number of hydrogen-bond acceptors (Lipinski definition) is 1. The van der Waals surface area contributed by atoms with E-state index in [2.05, 4.69) is 4.98 Å². The minimum atomic E-state index is -0.921. The second-order valence-corrected chi connectivity index (χ2v) is 1.39. The maximum absolute atomic E-state index is 10.0. The van der Waals surface area contributed by atoms with Crippen LogP contribution in [0.4, 0.5) is 0 Å². The Balaban J connectivity index is 0.000000640. The number of aromatic nitrogens is 1. The molecule has 0 saturated carbocycles. The summed E-state index contributed by atoms with van der Waals surface area (Å²) in [6.07, 6.45) is 1.57. The maximum Gasteiger partial charge on any atom is 0.352 e. The summed E-state index contributed by atoms with van der Waals surface area (Å²) in [5.74, 6) is -0.921. The summed E-state index contributed by atoms with van der Waals surface area (Å²) in [6.45, 7) is 0. The van der Waals surface area contributed by atoms with E-state index in [9.17, 15) is 4.79 Å². The molecule has 9 heavy (non-hydrogen) atoms. The van der Waals surface area contributed by atoms with Gasteiger partial charge in [-0.3, -0.25) is 0 Å². The second kappa shape index (κ2) is 3.93. The summed E-state index contributed by atoms with van der Waals surface area (Å²) in [6, 6.07) is 3.14. The number of nitrogens with one attached hydrogen (secondary N) is 1. The molecule has 0 aliphatic heterocycles. The molecule has 1 rings (SSSR count). The molecule has 0 fully saturated rings. The van der Waals surface area contributed by atoms with Gasteiger partial charge in [-0.1, -0.05) is 0 Å². The van der Waals surface area contributed by atoms with E-state index in [-0.39, 0.29) is 43.4 Å². The van der Waals surface area contributed by atoms with Crippen molar-refractivity contribution in [2.75, 3.05) is 0 Å². The van der Waals surface area contributed by atoms with Gasteiger partial charge in [-0.2, -0.15) is 0 Å². The van der Waals surface area contributed by atoms with Crippen LogP contribution in [0.1, 0.15) is 10.5 Å². The molecule has 3 nitrogen and oxygen atoms in total. The van der Waals surface area contributed by atoms with Crippen LogP contribution in [0, 0.1) is 37.7 Å². The summed E-state index contributed by atoms with van der Waals surface area (Å²) in [5, 5.41) is 8.24. The van der Waals surface area contributed by atoms with Crippen molar-refractivity contribution in [1.82, 2.24) is 4.98 Å². The SMILES string of the molecule is O=C(O)c1ccc[nH]1.[Ar]. The van der Waals surface area contributed by atoms with Crippen LogP contribution in [0.15, 0.2) is 18.3 Å². The number of carboxylic acid groups (broad SMARTS) is 1. The predicted molar refractivity (Wildman–Crippen MR) is 27.8 cm³/mol. The zero-order chi connectivity index (χ0) is 5.98. The topological polar surface area (TPSA) is 53.1 Å². The zero-order valence-electron chi connectivity index (χ0n) is 4.44. The van der Waals surface area contributed by atoms with E-state index in [1.54, 1.807) is 12.3 Å². The van der Waals surface area contributed by atoms with Crippen LogP contribution >= 0.6 is 0 Å². The average molecular weight is 151 g/mol. The molecule has 0 saturated heterocycles. The minimum absolute atomic E-state index is 0. The molecule has 0 radical (unpaired) electrons. The Morgan fingerprint density at radius 1 is 1.67 bits per heavy atom. The van der Waals surface area contributed by atoms with Crippen molar-refractivity contribution < 1.29 is 47.6 Å². The Morgan fingerprint density at radius 3 is 2.56 bits per heavy atom. The molecular weight excluding hydrogens is 146 g/mol. The number of aromatic amines is 1. The van der Waals surface area contributed by atoms with Gasteiger partial charge in [-0.25, -0.2) is 4.79 Å². The van der Waals surface area contributed by atoms with Crippen molar-refractivity contribution >= 4 is 5.97 Å². The molecule has 1 heterocycles. The van der Waals surface area contributed by atoms with Crippen LogP contribution in [0.3, 0.4) is 0 Å². The zero-order valence-corrected chi connectivity index (χ0v) is 5.15. The third-order valence-corrected chi connectivity index (χ3v) is 0.828. The summed E-state index contributed by atoms with van der Waals surface area (Å²) < 4.78 is 0. The molecule has 0 spiro atoms. The van der Waals surface area contributed by atoms with Crippen LogP contribution in [0.25, 0.3) is 0 Å². The van der Waals surface area contributed by atoms with Gasteiger partial charge in [0.25, 0.3) is 0 Å². The van der Waals surface area contributed by atoms with E-state index in [0.29, 0.717) is 0 Å². The van der Waals surface area contributed by atoms with Crippen LogP contribution in [-0.4, -0.2) is 16.1 Å². The summed E-state index contributed by atoms with van der Waals surface area (Å²) in [5.41, 5.74) is 0.227. The van der Waals surface area contributed by atoms with Crippen molar-refractivity contribution in [2.45, 2.75) is 0 Å². The quantitative estimate of drug-likeness (QED) is 0.621. The van der Waals surface area contributed by atoms with Crippen molar-refractivity contribution in [3.8, 4) is 0 Å². The molecule has 0 bridgehead atoms. The number of carbonyl (C=O) groups is 1. The van der Waals surface area contributed by atoms with E-state index in [4.69, 9.17) is 5.11 Å². The largest absolute Gasteiger partial charge is 0.477 e. The first-order valence-corrected chi connectivity index (χ1v) is 2.17. The van der Waals surface area contributed by atoms with Gasteiger partial charge < -0.3 is 10.1 Å². The molecule has 0 atom stereocenters. The molecule has 50 valence electrons. The predicted octanol–water partition coefficient (Wildman–Crippen LogP) is 0.713. The molecule has 0 amide bonds. The standard InChI is InChI=1S/C5H5NO2.Ar/c7-5(8)4-2-1-3-6-4;/h1-3,6H,(H,7,8);. The fraction of sp³-hybridized carbons (Fsp3) is 0. The average Bonchev–Trinajstić information content (AvgIpc) is 2.12.